The molecule has 0 bridgehead atoms. The van der Waals surface area contributed by atoms with Gasteiger partial charge >= 0.3 is 0 Å². The van der Waals surface area contributed by atoms with Crippen LogP contribution in [0.1, 0.15) is 28.2 Å². The number of imidazole rings is 1. The molecular formula is C17H23N5. The van der Waals surface area contributed by atoms with Crippen molar-refractivity contribution in [2.24, 2.45) is 0 Å². The zero-order valence-electron chi connectivity index (χ0n) is 13.7. The SMILES string of the molecule is Cc1ccn2cc(CN(C)CCc3c(C)n[nH]c3C)nc2c1. The van der Waals surface area contributed by atoms with Gasteiger partial charge in [0.25, 0.3) is 0 Å². The molecule has 5 nitrogen and oxygen atoms in total. The Morgan fingerprint density at radius 1 is 1.27 bits per heavy atom. The van der Waals surface area contributed by atoms with Crippen LogP contribution in [0.2, 0.25) is 0 Å². The Balaban J connectivity index is 1.64. The van der Waals surface area contributed by atoms with Crippen LogP contribution in [0.5, 0.6) is 0 Å². The maximum Gasteiger partial charge on any atom is 0.137 e. The first-order chi connectivity index (χ1) is 10.5. The maximum absolute atomic E-state index is 4.70. The number of aryl methyl sites for hydroxylation is 3. The predicted octanol–water partition coefficient (Wildman–Crippen LogP) is 2.66. The molecule has 116 valence electrons. The summed E-state index contributed by atoms with van der Waals surface area (Å²) in [6, 6.07) is 4.22. The molecule has 0 unspecified atom stereocenters. The lowest BCUT2D eigenvalue weighted by atomic mass is 10.1. The lowest BCUT2D eigenvalue weighted by molar-refractivity contribution is 0.327. The molecule has 0 saturated heterocycles. The topological polar surface area (TPSA) is 49.2 Å². The van der Waals surface area contributed by atoms with Crippen LogP contribution in [0.15, 0.2) is 24.5 Å². The van der Waals surface area contributed by atoms with Gasteiger partial charge in [-0.15, -0.1) is 0 Å². The molecule has 0 fully saturated rings. The second-order valence-corrected chi connectivity index (χ2v) is 6.10. The van der Waals surface area contributed by atoms with Crippen molar-refractivity contribution in [1.29, 1.82) is 0 Å². The van der Waals surface area contributed by atoms with Gasteiger partial charge in [0.15, 0.2) is 0 Å². The van der Waals surface area contributed by atoms with Crippen LogP contribution in [0.3, 0.4) is 0 Å². The second-order valence-electron chi connectivity index (χ2n) is 6.10. The van der Waals surface area contributed by atoms with E-state index >= 15 is 0 Å². The summed E-state index contributed by atoms with van der Waals surface area (Å²) in [5, 5.41) is 7.31. The number of likely N-dealkylation sites (N-methyl/N-ethyl adjacent to an activating group) is 1. The highest BCUT2D eigenvalue weighted by atomic mass is 15.1. The van der Waals surface area contributed by atoms with Crippen molar-refractivity contribution in [2.75, 3.05) is 13.6 Å². The summed E-state index contributed by atoms with van der Waals surface area (Å²) in [7, 11) is 2.14. The number of hydrogen-bond acceptors (Lipinski definition) is 3. The van der Waals surface area contributed by atoms with E-state index in [0.29, 0.717) is 0 Å². The molecule has 3 aromatic heterocycles. The zero-order valence-corrected chi connectivity index (χ0v) is 13.7. The number of nitrogens with one attached hydrogen (secondary N) is 1. The van der Waals surface area contributed by atoms with Gasteiger partial charge in [0.2, 0.25) is 0 Å². The third-order valence-electron chi connectivity index (χ3n) is 4.12. The predicted molar refractivity (Wildman–Crippen MR) is 88.0 cm³/mol. The Kier molecular flexibility index (Phi) is 3.98. The number of aromatic amines is 1. The smallest absolute Gasteiger partial charge is 0.137 e. The fourth-order valence-corrected chi connectivity index (χ4v) is 2.81. The van der Waals surface area contributed by atoms with E-state index < -0.39 is 0 Å². The Morgan fingerprint density at radius 3 is 2.82 bits per heavy atom. The van der Waals surface area contributed by atoms with Crippen molar-refractivity contribution >= 4 is 5.65 Å². The Bertz CT molecular complexity index is 764. The van der Waals surface area contributed by atoms with Crippen molar-refractivity contribution in [3.05, 3.63) is 52.7 Å². The first kappa shape index (κ1) is 14.8. The van der Waals surface area contributed by atoms with Gasteiger partial charge in [-0.1, -0.05) is 0 Å². The van der Waals surface area contributed by atoms with E-state index in [1.54, 1.807) is 0 Å². The summed E-state index contributed by atoms with van der Waals surface area (Å²) >= 11 is 0. The molecule has 0 aromatic carbocycles. The molecule has 3 rings (SSSR count). The quantitative estimate of drug-likeness (QED) is 0.787. The van der Waals surface area contributed by atoms with Crippen molar-refractivity contribution in [1.82, 2.24) is 24.5 Å². The molecule has 0 radical (unpaired) electrons. The van der Waals surface area contributed by atoms with E-state index in [0.717, 1.165) is 36.5 Å². The minimum absolute atomic E-state index is 0.858. The molecule has 0 aliphatic rings. The van der Waals surface area contributed by atoms with Crippen molar-refractivity contribution in [2.45, 2.75) is 33.7 Å². The van der Waals surface area contributed by atoms with Crippen molar-refractivity contribution < 1.29 is 0 Å². The summed E-state index contributed by atoms with van der Waals surface area (Å²) < 4.78 is 2.08. The monoisotopic (exact) mass is 297 g/mol. The highest BCUT2D eigenvalue weighted by molar-refractivity contribution is 5.42. The third kappa shape index (κ3) is 3.04. The Hall–Kier alpha value is -2.14. The van der Waals surface area contributed by atoms with E-state index in [-0.39, 0.29) is 0 Å². The summed E-state index contributed by atoms with van der Waals surface area (Å²) in [5.41, 5.74) is 6.98. The van der Waals surface area contributed by atoms with Crippen LogP contribution in [-0.4, -0.2) is 38.1 Å². The maximum atomic E-state index is 4.70. The second kappa shape index (κ2) is 5.93. The van der Waals surface area contributed by atoms with Gasteiger partial charge in [-0.05, 0) is 57.5 Å². The van der Waals surface area contributed by atoms with Gasteiger partial charge in [0.1, 0.15) is 5.65 Å². The van der Waals surface area contributed by atoms with Crippen molar-refractivity contribution in [3.8, 4) is 0 Å². The highest BCUT2D eigenvalue weighted by Gasteiger charge is 2.09. The Morgan fingerprint density at radius 2 is 2.09 bits per heavy atom. The normalized spacial score (nSPS) is 11.7. The first-order valence-corrected chi connectivity index (χ1v) is 7.66. The van der Waals surface area contributed by atoms with Crippen LogP contribution in [-0.2, 0) is 13.0 Å². The van der Waals surface area contributed by atoms with Crippen LogP contribution < -0.4 is 0 Å². The summed E-state index contributed by atoms with van der Waals surface area (Å²) in [4.78, 5) is 7.00. The van der Waals surface area contributed by atoms with E-state index in [9.17, 15) is 0 Å². The molecule has 1 N–H and O–H groups in total. The molecule has 0 saturated carbocycles. The van der Waals surface area contributed by atoms with Gasteiger partial charge in [-0.3, -0.25) is 5.10 Å². The van der Waals surface area contributed by atoms with E-state index in [2.05, 4.69) is 71.8 Å². The average molecular weight is 297 g/mol. The molecule has 3 aromatic rings. The van der Waals surface area contributed by atoms with Crippen LogP contribution >= 0.6 is 0 Å². The molecule has 5 heteroatoms. The molecule has 0 aliphatic heterocycles. The first-order valence-electron chi connectivity index (χ1n) is 7.66. The molecule has 0 amide bonds. The average Bonchev–Trinajstić information content (AvgIpc) is 3.00. The van der Waals surface area contributed by atoms with Crippen LogP contribution in [0.4, 0.5) is 0 Å². The molecule has 0 atom stereocenters. The fraction of sp³-hybridized carbons (Fsp3) is 0.412. The molecule has 3 heterocycles. The largest absolute Gasteiger partial charge is 0.307 e. The van der Waals surface area contributed by atoms with Crippen LogP contribution in [0.25, 0.3) is 5.65 Å². The third-order valence-corrected chi connectivity index (χ3v) is 4.12. The molecule has 0 aliphatic carbocycles. The van der Waals surface area contributed by atoms with E-state index in [1.165, 1.54) is 16.8 Å². The Labute approximate surface area is 131 Å². The van der Waals surface area contributed by atoms with E-state index in [4.69, 9.17) is 4.98 Å². The minimum atomic E-state index is 0.858. The number of hydrogen-bond donors (Lipinski definition) is 1. The lowest BCUT2D eigenvalue weighted by Crippen LogP contribution is -2.21. The number of nitrogens with zero attached hydrogens (tertiary/aromatic N) is 4. The lowest BCUT2D eigenvalue weighted by Gasteiger charge is -2.15. The number of fused-ring (bicyclic) bond motifs is 1. The van der Waals surface area contributed by atoms with Gasteiger partial charge < -0.3 is 9.30 Å². The van der Waals surface area contributed by atoms with Crippen molar-refractivity contribution in [3.63, 3.8) is 0 Å². The van der Waals surface area contributed by atoms with Crippen LogP contribution in [0, 0.1) is 20.8 Å². The number of rotatable bonds is 5. The highest BCUT2D eigenvalue weighted by Crippen LogP contribution is 2.12. The number of aromatic nitrogens is 4. The number of H-pyrrole nitrogens is 1. The summed E-state index contributed by atoms with van der Waals surface area (Å²) in [6.07, 6.45) is 5.19. The fourth-order valence-electron chi connectivity index (χ4n) is 2.81. The summed E-state index contributed by atoms with van der Waals surface area (Å²) in [5.74, 6) is 0. The van der Waals surface area contributed by atoms with E-state index in [1.807, 2.05) is 0 Å². The molecular weight excluding hydrogens is 274 g/mol. The van der Waals surface area contributed by atoms with Gasteiger partial charge in [0.05, 0.1) is 11.4 Å². The van der Waals surface area contributed by atoms with Gasteiger partial charge in [0, 0.05) is 31.2 Å². The molecule has 0 spiro atoms. The standard InChI is InChI=1S/C17H23N5/c1-12-5-8-22-11-15(18-17(22)9-12)10-21(4)7-6-16-13(2)19-20-14(16)3/h5,8-9,11H,6-7,10H2,1-4H3,(H,19,20). The summed E-state index contributed by atoms with van der Waals surface area (Å²) in [6.45, 7) is 8.09. The molecule has 22 heavy (non-hydrogen) atoms. The minimum Gasteiger partial charge on any atom is -0.307 e. The number of pyridine rings is 1. The van der Waals surface area contributed by atoms with Gasteiger partial charge in [-0.2, -0.15) is 5.10 Å². The zero-order chi connectivity index (χ0) is 15.7. The van der Waals surface area contributed by atoms with Gasteiger partial charge in [-0.25, -0.2) is 4.98 Å².